The fourth-order valence-corrected chi connectivity index (χ4v) is 4.07. The second kappa shape index (κ2) is 11.1. The van der Waals surface area contributed by atoms with Gasteiger partial charge in [-0.2, -0.15) is 0 Å². The summed E-state index contributed by atoms with van der Waals surface area (Å²) in [4.78, 5) is 38.5. The zero-order chi connectivity index (χ0) is 24.8. The molecule has 0 saturated carbocycles. The molecular weight excluding hydrogens is 442 g/mol. The minimum Gasteiger partial charge on any atom is -0.497 e. The average Bonchev–Trinajstić information content (AvgIpc) is 2.89. The van der Waals surface area contributed by atoms with Crippen LogP contribution in [-0.4, -0.2) is 71.8 Å². The van der Waals surface area contributed by atoms with E-state index in [1.807, 2.05) is 48.2 Å². The van der Waals surface area contributed by atoms with Gasteiger partial charge in [0.05, 0.1) is 13.5 Å². The van der Waals surface area contributed by atoms with Crippen LogP contribution in [0.4, 0.5) is 11.6 Å². The van der Waals surface area contributed by atoms with E-state index in [9.17, 15) is 9.59 Å². The molecule has 4 rings (SSSR count). The van der Waals surface area contributed by atoms with Crippen LogP contribution in [0.5, 0.6) is 5.75 Å². The number of methoxy groups -OCH3 is 1. The van der Waals surface area contributed by atoms with E-state index >= 15 is 0 Å². The lowest BCUT2D eigenvalue weighted by Gasteiger charge is -2.32. The lowest BCUT2D eigenvalue weighted by atomic mass is 9.98. The van der Waals surface area contributed by atoms with Gasteiger partial charge < -0.3 is 19.9 Å². The number of ether oxygens (including phenoxy) is 1. The Balaban J connectivity index is 1.50. The van der Waals surface area contributed by atoms with Crippen LogP contribution < -0.4 is 10.1 Å². The minimum absolute atomic E-state index is 0.0258. The molecule has 1 fully saturated rings. The molecule has 1 aliphatic heterocycles. The summed E-state index contributed by atoms with van der Waals surface area (Å²) in [7, 11) is 3.69. The maximum absolute atomic E-state index is 13.0. The molecule has 1 amide bonds. The number of carbonyl (C=O) groups is 2. The van der Waals surface area contributed by atoms with Gasteiger partial charge in [-0.25, -0.2) is 9.97 Å². The van der Waals surface area contributed by atoms with Crippen molar-refractivity contribution in [2.24, 2.45) is 0 Å². The Bertz CT molecular complexity index is 1170. The Morgan fingerprint density at radius 1 is 0.971 bits per heavy atom. The van der Waals surface area contributed by atoms with Crippen LogP contribution in [0, 0.1) is 0 Å². The number of rotatable bonds is 8. The summed E-state index contributed by atoms with van der Waals surface area (Å²) in [6.45, 7) is 4.96. The number of likely N-dealkylation sites (N-methyl/N-ethyl adjacent to an activating group) is 1. The van der Waals surface area contributed by atoms with Crippen LogP contribution >= 0.6 is 0 Å². The number of hydrogen-bond donors (Lipinski definition) is 1. The number of ketones is 1. The monoisotopic (exact) mass is 473 g/mol. The third-order valence-electron chi connectivity index (χ3n) is 6.26. The third-order valence-corrected chi connectivity index (χ3v) is 6.26. The summed E-state index contributed by atoms with van der Waals surface area (Å²) in [5.41, 5.74) is 3.93. The second-order valence-corrected chi connectivity index (χ2v) is 8.66. The quantitative estimate of drug-likeness (QED) is 0.498. The SMILES string of the molecule is CCC(=O)c1ccc(Nc2ncc(-c3ccc(OC)cc3)cn2)cc1CC(=O)N1CCN(C)CC1. The molecule has 8 heteroatoms. The highest BCUT2D eigenvalue weighted by Crippen LogP contribution is 2.24. The molecule has 1 N–H and O–H groups in total. The zero-order valence-corrected chi connectivity index (χ0v) is 20.5. The number of amides is 1. The Hall–Kier alpha value is -3.78. The molecule has 1 saturated heterocycles. The zero-order valence-electron chi connectivity index (χ0n) is 20.5. The van der Waals surface area contributed by atoms with Gasteiger partial charge in [0.25, 0.3) is 0 Å². The molecule has 2 heterocycles. The summed E-state index contributed by atoms with van der Waals surface area (Å²) in [5, 5.41) is 3.20. The lowest BCUT2D eigenvalue weighted by molar-refractivity contribution is -0.132. The van der Waals surface area contributed by atoms with Crippen LogP contribution in [0.15, 0.2) is 54.9 Å². The Labute approximate surface area is 205 Å². The normalized spacial score (nSPS) is 14.0. The van der Waals surface area contributed by atoms with E-state index in [0.717, 1.165) is 41.2 Å². The number of anilines is 2. The lowest BCUT2D eigenvalue weighted by Crippen LogP contribution is -2.47. The van der Waals surface area contributed by atoms with E-state index < -0.39 is 0 Å². The molecule has 2 aromatic carbocycles. The second-order valence-electron chi connectivity index (χ2n) is 8.66. The van der Waals surface area contributed by atoms with Gasteiger partial charge in [0.1, 0.15) is 5.75 Å². The minimum atomic E-state index is 0.0258. The molecule has 0 radical (unpaired) electrons. The van der Waals surface area contributed by atoms with Gasteiger partial charge in [-0.15, -0.1) is 0 Å². The molecule has 1 aliphatic rings. The largest absolute Gasteiger partial charge is 0.497 e. The Morgan fingerprint density at radius 2 is 1.66 bits per heavy atom. The van der Waals surface area contributed by atoms with E-state index in [-0.39, 0.29) is 18.1 Å². The van der Waals surface area contributed by atoms with Crippen molar-refractivity contribution in [3.8, 4) is 16.9 Å². The molecule has 0 atom stereocenters. The fourth-order valence-electron chi connectivity index (χ4n) is 4.07. The summed E-state index contributed by atoms with van der Waals surface area (Å²) in [6, 6.07) is 13.2. The number of aromatic nitrogens is 2. The topological polar surface area (TPSA) is 87.7 Å². The number of Topliss-reactive ketones (excluding diaryl/α,β-unsaturated/α-hetero) is 1. The molecule has 1 aromatic heterocycles. The van der Waals surface area contributed by atoms with Gasteiger partial charge in [0.15, 0.2) is 5.78 Å². The van der Waals surface area contributed by atoms with E-state index in [0.29, 0.717) is 31.0 Å². The molecule has 0 aliphatic carbocycles. The third kappa shape index (κ3) is 6.02. The molecule has 8 nitrogen and oxygen atoms in total. The van der Waals surface area contributed by atoms with Crippen LogP contribution in [0.1, 0.15) is 29.3 Å². The number of carbonyl (C=O) groups excluding carboxylic acids is 2. The highest BCUT2D eigenvalue weighted by molar-refractivity contribution is 5.99. The average molecular weight is 474 g/mol. The van der Waals surface area contributed by atoms with Crippen molar-refractivity contribution in [2.75, 3.05) is 45.7 Å². The number of nitrogens with zero attached hydrogens (tertiary/aromatic N) is 4. The Morgan fingerprint density at radius 3 is 2.29 bits per heavy atom. The summed E-state index contributed by atoms with van der Waals surface area (Å²) in [5.74, 6) is 1.30. The standard InChI is InChI=1S/C27H31N5O3/c1-4-25(33)24-10-7-22(15-20(24)16-26(34)32-13-11-31(2)12-14-32)30-27-28-17-21(18-29-27)19-5-8-23(35-3)9-6-19/h5-10,15,17-18H,4,11-14,16H2,1-3H3,(H,28,29,30). The van der Waals surface area contributed by atoms with Crippen LogP contribution in [0.2, 0.25) is 0 Å². The van der Waals surface area contributed by atoms with E-state index in [1.54, 1.807) is 25.6 Å². The van der Waals surface area contributed by atoms with Gasteiger partial charge in [-0.1, -0.05) is 19.1 Å². The first-order valence-electron chi connectivity index (χ1n) is 11.8. The predicted octanol–water partition coefficient (Wildman–Crippen LogP) is 3.81. The van der Waals surface area contributed by atoms with E-state index in [2.05, 4.69) is 27.2 Å². The number of hydrogen-bond acceptors (Lipinski definition) is 7. The maximum Gasteiger partial charge on any atom is 0.227 e. The van der Waals surface area contributed by atoms with Crippen molar-refractivity contribution >= 4 is 23.3 Å². The molecule has 0 bridgehead atoms. The summed E-state index contributed by atoms with van der Waals surface area (Å²) < 4.78 is 5.21. The predicted molar refractivity (Wildman–Crippen MR) is 136 cm³/mol. The van der Waals surface area contributed by atoms with Crippen molar-refractivity contribution in [1.82, 2.24) is 19.8 Å². The Kier molecular flexibility index (Phi) is 7.72. The molecular formula is C27H31N5O3. The van der Waals surface area contributed by atoms with Gasteiger partial charge in [0, 0.05) is 61.8 Å². The van der Waals surface area contributed by atoms with Gasteiger partial charge in [0.2, 0.25) is 11.9 Å². The van der Waals surface area contributed by atoms with Crippen molar-refractivity contribution in [3.05, 3.63) is 66.0 Å². The first-order valence-corrected chi connectivity index (χ1v) is 11.8. The molecule has 182 valence electrons. The highest BCUT2D eigenvalue weighted by Gasteiger charge is 2.21. The van der Waals surface area contributed by atoms with Gasteiger partial charge >= 0.3 is 0 Å². The number of piperazine rings is 1. The van der Waals surface area contributed by atoms with Crippen molar-refractivity contribution in [2.45, 2.75) is 19.8 Å². The van der Waals surface area contributed by atoms with Crippen molar-refractivity contribution in [3.63, 3.8) is 0 Å². The van der Waals surface area contributed by atoms with Crippen molar-refractivity contribution < 1.29 is 14.3 Å². The van der Waals surface area contributed by atoms with Gasteiger partial charge in [-0.05, 0) is 48.5 Å². The van der Waals surface area contributed by atoms with Crippen molar-refractivity contribution in [1.29, 1.82) is 0 Å². The van der Waals surface area contributed by atoms with Crippen LogP contribution in [0.25, 0.3) is 11.1 Å². The maximum atomic E-state index is 13.0. The molecule has 0 spiro atoms. The number of nitrogens with one attached hydrogen (secondary N) is 1. The van der Waals surface area contributed by atoms with Crippen LogP contribution in [0.3, 0.4) is 0 Å². The number of benzene rings is 2. The highest BCUT2D eigenvalue weighted by atomic mass is 16.5. The van der Waals surface area contributed by atoms with Crippen LogP contribution in [-0.2, 0) is 11.2 Å². The fraction of sp³-hybridized carbons (Fsp3) is 0.333. The smallest absolute Gasteiger partial charge is 0.227 e. The summed E-state index contributed by atoms with van der Waals surface area (Å²) >= 11 is 0. The molecule has 3 aromatic rings. The van der Waals surface area contributed by atoms with Gasteiger partial charge in [-0.3, -0.25) is 9.59 Å². The first-order chi connectivity index (χ1) is 17.0. The molecule has 35 heavy (non-hydrogen) atoms. The summed E-state index contributed by atoms with van der Waals surface area (Å²) in [6.07, 6.45) is 4.09. The van der Waals surface area contributed by atoms with E-state index in [1.165, 1.54) is 0 Å². The van der Waals surface area contributed by atoms with E-state index in [4.69, 9.17) is 4.74 Å². The molecule has 0 unspecified atom stereocenters. The first kappa shape index (κ1) is 24.3.